The van der Waals surface area contributed by atoms with Crippen molar-refractivity contribution in [3.63, 3.8) is 0 Å². The SMILES string of the molecule is CCC1SCCSC1C(O)c1ccc(C(C)C)cc1. The van der Waals surface area contributed by atoms with Crippen molar-refractivity contribution in [2.75, 3.05) is 11.5 Å². The third kappa shape index (κ3) is 3.71. The molecule has 106 valence electrons. The van der Waals surface area contributed by atoms with E-state index in [1.807, 2.05) is 23.5 Å². The van der Waals surface area contributed by atoms with Gasteiger partial charge >= 0.3 is 0 Å². The van der Waals surface area contributed by atoms with E-state index in [1.165, 1.54) is 11.3 Å². The van der Waals surface area contributed by atoms with Gasteiger partial charge < -0.3 is 5.11 Å². The second-order valence-corrected chi connectivity index (χ2v) is 8.05. The molecular formula is C16H24OS2. The number of hydrogen-bond donors (Lipinski definition) is 1. The van der Waals surface area contributed by atoms with Crippen LogP contribution in [0.1, 0.15) is 50.3 Å². The Morgan fingerprint density at radius 3 is 2.26 bits per heavy atom. The van der Waals surface area contributed by atoms with Gasteiger partial charge in [-0.3, -0.25) is 0 Å². The second-order valence-electron chi connectivity index (χ2n) is 5.42. The highest BCUT2D eigenvalue weighted by Crippen LogP contribution is 2.40. The van der Waals surface area contributed by atoms with Crippen molar-refractivity contribution in [3.05, 3.63) is 35.4 Å². The molecule has 1 aromatic carbocycles. The van der Waals surface area contributed by atoms with Crippen LogP contribution in [0, 0.1) is 0 Å². The van der Waals surface area contributed by atoms with E-state index in [9.17, 15) is 5.11 Å². The second kappa shape index (κ2) is 7.05. The van der Waals surface area contributed by atoms with Gasteiger partial charge in [0.15, 0.2) is 0 Å². The van der Waals surface area contributed by atoms with E-state index in [4.69, 9.17) is 0 Å². The first-order valence-electron chi connectivity index (χ1n) is 7.14. The summed E-state index contributed by atoms with van der Waals surface area (Å²) in [4.78, 5) is 0. The lowest BCUT2D eigenvalue weighted by Crippen LogP contribution is -2.31. The Kier molecular flexibility index (Phi) is 5.67. The van der Waals surface area contributed by atoms with E-state index in [2.05, 4.69) is 45.0 Å². The van der Waals surface area contributed by atoms with Crippen LogP contribution in [0.2, 0.25) is 0 Å². The fourth-order valence-electron chi connectivity index (χ4n) is 2.50. The molecule has 0 saturated carbocycles. The van der Waals surface area contributed by atoms with E-state index in [0.29, 0.717) is 16.4 Å². The summed E-state index contributed by atoms with van der Waals surface area (Å²) in [6, 6.07) is 8.52. The first-order valence-corrected chi connectivity index (χ1v) is 9.24. The van der Waals surface area contributed by atoms with Gasteiger partial charge in [-0.15, -0.1) is 0 Å². The molecule has 3 heteroatoms. The standard InChI is InChI=1S/C16H24OS2/c1-4-14-16(19-10-9-18-14)15(17)13-7-5-12(6-8-13)11(2)3/h5-8,11,14-17H,4,9-10H2,1-3H3. The number of hydrogen-bond acceptors (Lipinski definition) is 3. The average molecular weight is 297 g/mol. The Morgan fingerprint density at radius 1 is 1.11 bits per heavy atom. The van der Waals surface area contributed by atoms with Gasteiger partial charge in [0, 0.05) is 22.0 Å². The van der Waals surface area contributed by atoms with Crippen LogP contribution in [-0.2, 0) is 0 Å². The summed E-state index contributed by atoms with van der Waals surface area (Å²) in [5.74, 6) is 2.93. The van der Waals surface area contributed by atoms with Crippen LogP contribution >= 0.6 is 23.5 Å². The quantitative estimate of drug-likeness (QED) is 0.885. The molecule has 0 aromatic heterocycles. The third-order valence-electron chi connectivity index (χ3n) is 3.75. The van der Waals surface area contributed by atoms with Crippen molar-refractivity contribution in [1.82, 2.24) is 0 Å². The van der Waals surface area contributed by atoms with E-state index >= 15 is 0 Å². The van der Waals surface area contributed by atoms with Crippen molar-refractivity contribution >= 4 is 23.5 Å². The molecule has 0 radical (unpaired) electrons. The number of aliphatic hydroxyl groups excluding tert-OH is 1. The molecule has 0 spiro atoms. The largest absolute Gasteiger partial charge is 0.387 e. The summed E-state index contributed by atoms with van der Waals surface area (Å²) in [7, 11) is 0. The maximum absolute atomic E-state index is 10.6. The smallest absolute Gasteiger partial charge is 0.0919 e. The predicted molar refractivity (Wildman–Crippen MR) is 88.3 cm³/mol. The summed E-state index contributed by atoms with van der Waals surface area (Å²) in [5, 5.41) is 11.6. The van der Waals surface area contributed by atoms with Crippen LogP contribution in [0.4, 0.5) is 0 Å². The molecular weight excluding hydrogens is 272 g/mol. The summed E-state index contributed by atoms with van der Waals surface area (Å²) in [5.41, 5.74) is 2.41. The van der Waals surface area contributed by atoms with Crippen molar-refractivity contribution < 1.29 is 5.11 Å². The Bertz CT molecular complexity index is 388. The van der Waals surface area contributed by atoms with E-state index in [-0.39, 0.29) is 6.10 Å². The van der Waals surface area contributed by atoms with E-state index in [0.717, 1.165) is 17.7 Å². The third-order valence-corrected chi connectivity index (χ3v) is 7.09. The molecule has 3 atom stereocenters. The molecule has 1 N–H and O–H groups in total. The highest BCUT2D eigenvalue weighted by molar-refractivity contribution is 8.07. The maximum Gasteiger partial charge on any atom is 0.0919 e. The zero-order valence-electron chi connectivity index (χ0n) is 12.0. The molecule has 1 aromatic rings. The van der Waals surface area contributed by atoms with E-state index in [1.54, 1.807) is 0 Å². The number of rotatable bonds is 4. The molecule has 3 unspecified atom stereocenters. The normalized spacial score (nSPS) is 25.5. The molecule has 1 aliphatic heterocycles. The highest BCUT2D eigenvalue weighted by Gasteiger charge is 2.31. The Hall–Kier alpha value is -0.120. The molecule has 1 heterocycles. The molecule has 0 bridgehead atoms. The van der Waals surface area contributed by atoms with Gasteiger partial charge in [-0.1, -0.05) is 45.0 Å². The highest BCUT2D eigenvalue weighted by atomic mass is 32.2. The van der Waals surface area contributed by atoms with Crippen LogP contribution in [0.3, 0.4) is 0 Å². The van der Waals surface area contributed by atoms with Crippen molar-refractivity contribution in [3.8, 4) is 0 Å². The van der Waals surface area contributed by atoms with Crippen LogP contribution in [-0.4, -0.2) is 27.1 Å². The van der Waals surface area contributed by atoms with Crippen LogP contribution < -0.4 is 0 Å². The fraction of sp³-hybridized carbons (Fsp3) is 0.625. The fourth-order valence-corrected chi connectivity index (χ4v) is 5.64. The Morgan fingerprint density at radius 2 is 1.68 bits per heavy atom. The first-order chi connectivity index (χ1) is 9.13. The molecule has 0 amide bonds. The molecule has 1 fully saturated rings. The minimum Gasteiger partial charge on any atom is -0.387 e. The van der Waals surface area contributed by atoms with Gasteiger partial charge in [0.1, 0.15) is 0 Å². The maximum atomic E-state index is 10.6. The van der Waals surface area contributed by atoms with Crippen LogP contribution in [0.15, 0.2) is 24.3 Å². The van der Waals surface area contributed by atoms with Gasteiger partial charge in [0.05, 0.1) is 6.10 Å². The molecule has 19 heavy (non-hydrogen) atoms. The minimum atomic E-state index is -0.330. The lowest BCUT2D eigenvalue weighted by Gasteiger charge is -2.33. The zero-order chi connectivity index (χ0) is 13.8. The summed E-state index contributed by atoms with van der Waals surface area (Å²) in [6.07, 6.45) is 0.813. The molecule has 0 aliphatic carbocycles. The first kappa shape index (κ1) is 15.3. The van der Waals surface area contributed by atoms with Crippen molar-refractivity contribution in [1.29, 1.82) is 0 Å². The lowest BCUT2D eigenvalue weighted by atomic mass is 9.98. The molecule has 2 rings (SSSR count). The summed E-state index contributed by atoms with van der Waals surface area (Å²) < 4.78 is 0. The number of benzene rings is 1. The molecule has 1 saturated heterocycles. The summed E-state index contributed by atoms with van der Waals surface area (Å²) in [6.45, 7) is 6.63. The molecule has 1 nitrogen and oxygen atoms in total. The molecule has 1 aliphatic rings. The summed E-state index contributed by atoms with van der Waals surface area (Å²) >= 11 is 3.96. The van der Waals surface area contributed by atoms with Gasteiger partial charge in [-0.2, -0.15) is 23.5 Å². The van der Waals surface area contributed by atoms with Gasteiger partial charge in [-0.05, 0) is 23.5 Å². The van der Waals surface area contributed by atoms with Crippen molar-refractivity contribution in [2.45, 2.75) is 49.7 Å². The monoisotopic (exact) mass is 296 g/mol. The van der Waals surface area contributed by atoms with Crippen LogP contribution in [0.25, 0.3) is 0 Å². The predicted octanol–water partition coefficient (Wildman–Crippen LogP) is 4.47. The average Bonchev–Trinajstić information content (AvgIpc) is 2.46. The van der Waals surface area contributed by atoms with Gasteiger partial charge in [0.25, 0.3) is 0 Å². The van der Waals surface area contributed by atoms with E-state index < -0.39 is 0 Å². The lowest BCUT2D eigenvalue weighted by molar-refractivity contribution is 0.172. The Balaban J connectivity index is 2.11. The minimum absolute atomic E-state index is 0.330. The van der Waals surface area contributed by atoms with Crippen LogP contribution in [0.5, 0.6) is 0 Å². The number of thioether (sulfide) groups is 2. The topological polar surface area (TPSA) is 20.2 Å². The Labute approximate surface area is 125 Å². The zero-order valence-corrected chi connectivity index (χ0v) is 13.6. The van der Waals surface area contributed by atoms with Gasteiger partial charge in [0.2, 0.25) is 0 Å². The van der Waals surface area contributed by atoms with Crippen molar-refractivity contribution in [2.24, 2.45) is 0 Å². The van der Waals surface area contributed by atoms with Gasteiger partial charge in [-0.25, -0.2) is 0 Å². The number of aliphatic hydroxyl groups is 1.